The molecule has 0 aliphatic carbocycles. The lowest BCUT2D eigenvalue weighted by Gasteiger charge is -2.50. The number of hydrogen-bond donors (Lipinski definition) is 1. The molecule has 0 spiro atoms. The number of nitrogens with one attached hydrogen (secondary N) is 1. The number of para-hydroxylation sites is 2. The normalized spacial score (nSPS) is 23.5. The molecule has 47 heavy (non-hydrogen) atoms. The van der Waals surface area contributed by atoms with E-state index in [2.05, 4.69) is 20.5 Å². The molecular weight excluding hydrogens is 609 g/mol. The van der Waals surface area contributed by atoms with Gasteiger partial charge in [0.05, 0.1) is 39.2 Å². The van der Waals surface area contributed by atoms with Gasteiger partial charge >= 0.3 is 6.18 Å². The minimum atomic E-state index is -4.51. The number of fused-ring (bicyclic) bond motifs is 13. The summed E-state index contributed by atoms with van der Waals surface area (Å²) in [5.74, 6) is -0.540. The summed E-state index contributed by atoms with van der Waals surface area (Å²) in [5.41, 5.74) is 3.40. The van der Waals surface area contributed by atoms with Crippen molar-refractivity contribution < 1.29 is 32.2 Å². The van der Waals surface area contributed by atoms with Crippen LogP contribution >= 0.6 is 0 Å². The molecule has 2 amide bonds. The molecule has 5 heterocycles. The average molecular weight is 639 g/mol. The highest BCUT2D eigenvalue weighted by atomic mass is 19.4. The Kier molecular flexibility index (Phi) is 5.65. The first-order chi connectivity index (χ1) is 22.5. The lowest BCUT2D eigenvalue weighted by atomic mass is 9.91. The van der Waals surface area contributed by atoms with Crippen LogP contribution in [0.1, 0.15) is 51.4 Å². The van der Waals surface area contributed by atoms with E-state index in [0.29, 0.717) is 18.5 Å². The molecule has 0 radical (unpaired) electrons. The molecule has 3 aliphatic heterocycles. The number of benzene rings is 4. The van der Waals surface area contributed by atoms with Crippen molar-refractivity contribution in [3.05, 3.63) is 95.1 Å². The predicted octanol–water partition coefficient (Wildman–Crippen LogP) is 6.93. The van der Waals surface area contributed by atoms with Crippen LogP contribution in [0.5, 0.6) is 0 Å². The van der Waals surface area contributed by atoms with Crippen LogP contribution < -0.4 is 5.32 Å². The van der Waals surface area contributed by atoms with Gasteiger partial charge in [0.15, 0.2) is 5.72 Å². The second-order valence-electron chi connectivity index (χ2n) is 12.8. The third-order valence-electron chi connectivity index (χ3n) is 10.5. The van der Waals surface area contributed by atoms with Crippen molar-refractivity contribution in [1.82, 2.24) is 19.4 Å². The molecule has 1 N–H and O–H groups in total. The highest BCUT2D eigenvalue weighted by molar-refractivity contribution is 6.31. The Bertz CT molecular complexity index is 2340. The predicted molar refractivity (Wildman–Crippen MR) is 170 cm³/mol. The minimum Gasteiger partial charge on any atom is -0.374 e. The van der Waals surface area contributed by atoms with Gasteiger partial charge in [0.2, 0.25) is 0 Å². The van der Waals surface area contributed by atoms with E-state index < -0.39 is 41.7 Å². The second kappa shape index (κ2) is 9.36. The van der Waals surface area contributed by atoms with Crippen molar-refractivity contribution in [3.8, 4) is 0 Å². The number of methoxy groups -OCH3 is 1. The molecule has 0 saturated carbocycles. The molecule has 6 aromatic rings. The number of carbonyl (C=O) groups excluding carboxylic acids is 2. The summed E-state index contributed by atoms with van der Waals surface area (Å²) in [4.78, 5) is 29.1. The molecule has 4 atom stereocenters. The Morgan fingerprint density at radius 3 is 2.32 bits per heavy atom. The summed E-state index contributed by atoms with van der Waals surface area (Å²) in [7, 11) is 3.25. The van der Waals surface area contributed by atoms with Crippen LogP contribution in [0, 0.1) is 0 Å². The number of aromatic nitrogens is 2. The standard InChI is InChI=1S/C36H29F3N4O4/c1-35-32(46-3)25(41(2)34(45)18-12-14-19(15-13-18)36(37,38)39)16-26(47-35)42-23-10-6-4-8-20(23)28-29-22(17-40-33(29)44)27-21-9-5-7-11-24(21)43(35)31(27)30(28)42/h4-15,25-26,32H,16-17H2,1-3H3,(H,40,44)/t25-,26-,32?,35+/m1/s1. The monoisotopic (exact) mass is 638 g/mol. The molecule has 3 aliphatic rings. The van der Waals surface area contributed by atoms with E-state index in [1.165, 1.54) is 12.1 Å². The Hall–Kier alpha value is -4.87. The van der Waals surface area contributed by atoms with E-state index in [-0.39, 0.29) is 11.5 Å². The van der Waals surface area contributed by atoms with Gasteiger partial charge in [0.25, 0.3) is 11.8 Å². The Morgan fingerprint density at radius 1 is 0.979 bits per heavy atom. The molecule has 1 fully saturated rings. The van der Waals surface area contributed by atoms with Crippen LogP contribution in [0.3, 0.4) is 0 Å². The summed E-state index contributed by atoms with van der Waals surface area (Å²) < 4.78 is 57.6. The maximum absolute atomic E-state index is 14.0. The fourth-order valence-electron chi connectivity index (χ4n) is 8.55. The lowest BCUT2D eigenvalue weighted by Crippen LogP contribution is -2.61. The molecule has 4 aromatic carbocycles. The zero-order valence-corrected chi connectivity index (χ0v) is 25.7. The molecule has 2 aromatic heterocycles. The Morgan fingerprint density at radius 2 is 1.64 bits per heavy atom. The van der Waals surface area contributed by atoms with Crippen LogP contribution in [0.15, 0.2) is 72.8 Å². The third-order valence-corrected chi connectivity index (χ3v) is 10.5. The first kappa shape index (κ1) is 28.4. The molecule has 1 unspecified atom stereocenters. The van der Waals surface area contributed by atoms with Gasteiger partial charge in [-0.3, -0.25) is 9.59 Å². The number of hydrogen-bond acceptors (Lipinski definition) is 4. The lowest BCUT2D eigenvalue weighted by molar-refractivity contribution is -0.264. The SMILES string of the molecule is COC1[C@H](N(C)C(=O)c2ccc(C(F)(F)F)cc2)C[C@H]2O[C@]1(C)n1c3ccccc3c3c4c(c5c6ccccc6n2c5c31)C(=O)NC4. The van der Waals surface area contributed by atoms with Gasteiger partial charge in [-0.05, 0) is 48.9 Å². The summed E-state index contributed by atoms with van der Waals surface area (Å²) in [6.07, 6.45) is -5.44. The van der Waals surface area contributed by atoms with Crippen molar-refractivity contribution in [3.63, 3.8) is 0 Å². The van der Waals surface area contributed by atoms with Crippen LogP contribution in [-0.2, 0) is 27.9 Å². The van der Waals surface area contributed by atoms with Gasteiger partial charge in [-0.15, -0.1) is 0 Å². The van der Waals surface area contributed by atoms with Gasteiger partial charge in [-0.1, -0.05) is 36.4 Å². The fraction of sp³-hybridized carbons (Fsp3) is 0.278. The van der Waals surface area contributed by atoms with Crippen LogP contribution in [0.4, 0.5) is 13.2 Å². The molecular formula is C36H29F3N4O4. The summed E-state index contributed by atoms with van der Waals surface area (Å²) in [6, 6.07) is 19.7. The number of amides is 2. The number of nitrogens with zero attached hydrogens (tertiary/aromatic N) is 3. The number of rotatable bonds is 3. The number of halogens is 3. The molecule has 9 rings (SSSR count). The number of carbonyl (C=O) groups is 2. The van der Waals surface area contributed by atoms with Crippen LogP contribution in [0.25, 0.3) is 43.6 Å². The molecule has 11 heteroatoms. The number of ether oxygens (including phenoxy) is 2. The first-order valence-corrected chi connectivity index (χ1v) is 15.5. The van der Waals surface area contributed by atoms with Crippen molar-refractivity contribution in [2.24, 2.45) is 0 Å². The third kappa shape index (κ3) is 3.55. The smallest absolute Gasteiger partial charge is 0.374 e. The van der Waals surface area contributed by atoms with E-state index in [9.17, 15) is 22.8 Å². The quantitative estimate of drug-likeness (QED) is 0.228. The van der Waals surface area contributed by atoms with E-state index >= 15 is 0 Å². The van der Waals surface area contributed by atoms with Crippen LogP contribution in [0.2, 0.25) is 0 Å². The minimum absolute atomic E-state index is 0.115. The highest BCUT2D eigenvalue weighted by Crippen LogP contribution is 2.54. The topological polar surface area (TPSA) is 77.7 Å². The summed E-state index contributed by atoms with van der Waals surface area (Å²) >= 11 is 0. The fourth-order valence-corrected chi connectivity index (χ4v) is 8.55. The summed E-state index contributed by atoms with van der Waals surface area (Å²) in [5, 5.41) is 6.82. The maximum Gasteiger partial charge on any atom is 0.416 e. The highest BCUT2D eigenvalue weighted by Gasteiger charge is 2.55. The van der Waals surface area contributed by atoms with Gasteiger partial charge in [0.1, 0.15) is 12.3 Å². The first-order valence-electron chi connectivity index (χ1n) is 15.5. The van der Waals surface area contributed by atoms with Crippen molar-refractivity contribution >= 4 is 55.4 Å². The van der Waals surface area contributed by atoms with Gasteiger partial charge in [-0.2, -0.15) is 13.2 Å². The van der Waals surface area contributed by atoms with Gasteiger partial charge in [-0.25, -0.2) is 0 Å². The molecule has 8 nitrogen and oxygen atoms in total. The maximum atomic E-state index is 14.0. The zero-order valence-electron chi connectivity index (χ0n) is 25.7. The van der Waals surface area contributed by atoms with E-state index in [1.54, 1.807) is 19.1 Å². The Labute approximate surface area is 266 Å². The molecule has 2 bridgehead atoms. The largest absolute Gasteiger partial charge is 0.416 e. The van der Waals surface area contributed by atoms with E-state index in [4.69, 9.17) is 9.47 Å². The van der Waals surface area contributed by atoms with E-state index in [0.717, 1.165) is 61.3 Å². The Balaban J connectivity index is 1.32. The zero-order chi connectivity index (χ0) is 32.6. The van der Waals surface area contributed by atoms with Crippen LogP contribution in [-0.4, -0.2) is 52.2 Å². The number of alkyl halides is 3. The second-order valence-corrected chi connectivity index (χ2v) is 12.8. The van der Waals surface area contributed by atoms with Crippen molar-refractivity contribution in [2.45, 2.75) is 50.2 Å². The van der Waals surface area contributed by atoms with Gasteiger partial charge in [0, 0.05) is 54.2 Å². The molecule has 238 valence electrons. The van der Waals surface area contributed by atoms with Crippen molar-refractivity contribution in [2.75, 3.05) is 14.2 Å². The summed E-state index contributed by atoms with van der Waals surface area (Å²) in [6.45, 7) is 2.37. The van der Waals surface area contributed by atoms with Crippen molar-refractivity contribution in [1.29, 1.82) is 0 Å². The van der Waals surface area contributed by atoms with E-state index in [1.807, 2.05) is 49.4 Å². The van der Waals surface area contributed by atoms with Gasteiger partial charge < -0.3 is 28.8 Å². The number of likely N-dealkylation sites (N-methyl/N-ethyl adjacent to an activating group) is 1. The average Bonchev–Trinajstić information content (AvgIpc) is 3.71. The molecule has 1 saturated heterocycles.